The van der Waals surface area contributed by atoms with E-state index >= 15 is 0 Å². The van der Waals surface area contributed by atoms with Gasteiger partial charge in [0, 0.05) is 0 Å². The Hall–Kier alpha value is 0.169. The van der Waals surface area contributed by atoms with Crippen LogP contribution < -0.4 is 4.46 Å². The second-order valence-electron chi connectivity index (χ2n) is 3.76. The van der Waals surface area contributed by atoms with Crippen LogP contribution in [0.3, 0.4) is 0 Å². The SMILES string of the molecule is CCCCCOC/C(I)=C/[Se]c1ccccc1. The van der Waals surface area contributed by atoms with E-state index in [1.54, 1.807) is 0 Å². The maximum atomic E-state index is 5.62. The van der Waals surface area contributed by atoms with E-state index in [0.717, 1.165) is 13.2 Å². The first-order chi connectivity index (χ1) is 8.33. The first-order valence-electron chi connectivity index (χ1n) is 5.97. The van der Waals surface area contributed by atoms with Crippen LogP contribution >= 0.6 is 22.6 Å². The van der Waals surface area contributed by atoms with Crippen molar-refractivity contribution in [3.05, 3.63) is 38.9 Å². The van der Waals surface area contributed by atoms with Crippen LogP contribution in [0.25, 0.3) is 0 Å². The predicted octanol–water partition coefficient (Wildman–Crippen LogP) is 3.50. The van der Waals surface area contributed by atoms with E-state index in [0.29, 0.717) is 15.0 Å². The number of hydrogen-bond acceptors (Lipinski definition) is 1. The molecule has 3 heteroatoms. The summed E-state index contributed by atoms with van der Waals surface area (Å²) in [5, 5.41) is 0. The maximum absolute atomic E-state index is 5.62. The zero-order valence-electron chi connectivity index (χ0n) is 10.2. The molecule has 1 aromatic rings. The Bertz CT molecular complexity index is 324. The van der Waals surface area contributed by atoms with Crippen molar-refractivity contribution in [2.45, 2.75) is 26.2 Å². The van der Waals surface area contributed by atoms with E-state index < -0.39 is 0 Å². The van der Waals surface area contributed by atoms with Crippen LogP contribution in [0.4, 0.5) is 0 Å². The van der Waals surface area contributed by atoms with Crippen molar-refractivity contribution in [1.29, 1.82) is 0 Å². The summed E-state index contributed by atoms with van der Waals surface area (Å²) in [6.07, 6.45) is 3.71. The van der Waals surface area contributed by atoms with Crippen molar-refractivity contribution < 1.29 is 4.74 Å². The quantitative estimate of drug-likeness (QED) is 0.363. The van der Waals surface area contributed by atoms with Crippen molar-refractivity contribution in [2.24, 2.45) is 0 Å². The summed E-state index contributed by atoms with van der Waals surface area (Å²) in [6, 6.07) is 10.6. The number of halogens is 1. The molecule has 0 radical (unpaired) electrons. The monoisotopic (exact) mass is 410 g/mol. The average molecular weight is 409 g/mol. The molecule has 0 atom stereocenters. The van der Waals surface area contributed by atoms with Crippen molar-refractivity contribution in [1.82, 2.24) is 0 Å². The van der Waals surface area contributed by atoms with Gasteiger partial charge in [0.05, 0.1) is 0 Å². The molecular weight excluding hydrogens is 390 g/mol. The summed E-state index contributed by atoms with van der Waals surface area (Å²) in [6.45, 7) is 3.89. The van der Waals surface area contributed by atoms with Gasteiger partial charge in [0.1, 0.15) is 0 Å². The fourth-order valence-corrected chi connectivity index (χ4v) is 3.53. The van der Waals surface area contributed by atoms with Crippen LogP contribution in [-0.4, -0.2) is 28.2 Å². The van der Waals surface area contributed by atoms with Gasteiger partial charge in [-0.2, -0.15) is 0 Å². The van der Waals surface area contributed by atoms with E-state index in [1.165, 1.54) is 27.3 Å². The van der Waals surface area contributed by atoms with Crippen LogP contribution in [0.15, 0.2) is 38.9 Å². The Labute approximate surface area is 124 Å². The normalized spacial score (nSPS) is 11.8. The Balaban J connectivity index is 2.17. The molecular formula is C14H19IOSe. The molecule has 1 aromatic carbocycles. The number of hydrogen-bond donors (Lipinski definition) is 0. The van der Waals surface area contributed by atoms with Gasteiger partial charge >= 0.3 is 125 Å². The van der Waals surface area contributed by atoms with Gasteiger partial charge in [0.2, 0.25) is 0 Å². The molecule has 94 valence electrons. The molecule has 1 rings (SSSR count). The molecule has 0 unspecified atom stereocenters. The van der Waals surface area contributed by atoms with Gasteiger partial charge in [0.15, 0.2) is 0 Å². The van der Waals surface area contributed by atoms with E-state index in [1.807, 2.05) is 0 Å². The fourth-order valence-electron chi connectivity index (χ4n) is 1.29. The van der Waals surface area contributed by atoms with Crippen molar-refractivity contribution >= 4 is 42.0 Å². The third-order valence-corrected chi connectivity index (χ3v) is 5.76. The van der Waals surface area contributed by atoms with Crippen molar-refractivity contribution in [3.63, 3.8) is 0 Å². The minimum atomic E-state index is 0.435. The molecule has 0 heterocycles. The van der Waals surface area contributed by atoms with Gasteiger partial charge < -0.3 is 0 Å². The van der Waals surface area contributed by atoms with Gasteiger partial charge in [-0.1, -0.05) is 0 Å². The van der Waals surface area contributed by atoms with E-state index in [-0.39, 0.29) is 0 Å². The fraction of sp³-hybridized carbons (Fsp3) is 0.429. The molecule has 0 aliphatic rings. The number of ether oxygens (including phenoxy) is 1. The molecule has 0 aromatic heterocycles. The molecule has 0 fully saturated rings. The molecule has 1 nitrogen and oxygen atoms in total. The molecule has 0 bridgehead atoms. The molecule has 0 N–H and O–H groups in total. The third kappa shape index (κ3) is 7.98. The molecule has 17 heavy (non-hydrogen) atoms. The van der Waals surface area contributed by atoms with Crippen molar-refractivity contribution in [3.8, 4) is 0 Å². The molecule has 0 saturated heterocycles. The van der Waals surface area contributed by atoms with Crippen LogP contribution in [0.1, 0.15) is 26.2 Å². The molecule has 0 amide bonds. The van der Waals surface area contributed by atoms with Gasteiger partial charge in [-0.25, -0.2) is 0 Å². The van der Waals surface area contributed by atoms with Crippen LogP contribution in [-0.2, 0) is 4.74 Å². The number of unbranched alkanes of at least 4 members (excludes halogenated alkanes) is 2. The molecule has 0 aliphatic carbocycles. The Morgan fingerprint density at radius 2 is 2.06 bits per heavy atom. The third-order valence-electron chi connectivity index (χ3n) is 2.20. The summed E-state index contributed by atoms with van der Waals surface area (Å²) in [5.74, 6) is 0. The number of rotatable bonds is 8. The van der Waals surface area contributed by atoms with E-state index in [2.05, 4.69) is 64.8 Å². The van der Waals surface area contributed by atoms with Gasteiger partial charge in [-0.3, -0.25) is 0 Å². The molecule has 0 spiro atoms. The van der Waals surface area contributed by atoms with Gasteiger partial charge in [-0.15, -0.1) is 0 Å². The zero-order chi connectivity index (χ0) is 12.3. The first kappa shape index (κ1) is 15.2. The minimum absolute atomic E-state index is 0.435. The molecule has 0 aliphatic heterocycles. The van der Waals surface area contributed by atoms with Crippen molar-refractivity contribution in [2.75, 3.05) is 13.2 Å². The Kier molecular flexibility index (Phi) is 9.07. The van der Waals surface area contributed by atoms with Gasteiger partial charge in [0.25, 0.3) is 0 Å². The molecule has 0 saturated carbocycles. The predicted molar refractivity (Wildman–Crippen MR) is 84.3 cm³/mol. The summed E-state index contributed by atoms with van der Waals surface area (Å²) < 4.78 is 8.36. The second kappa shape index (κ2) is 10.1. The van der Waals surface area contributed by atoms with E-state index in [9.17, 15) is 0 Å². The van der Waals surface area contributed by atoms with Crippen LogP contribution in [0, 0.1) is 0 Å². The standard InChI is InChI=1S/C14H19IOSe/c1-2-3-7-10-16-11-13(15)12-17-14-8-5-4-6-9-14/h4-6,8-9,12H,2-3,7,10-11H2,1H3/b13-12-. The summed E-state index contributed by atoms with van der Waals surface area (Å²) >= 11 is 2.82. The van der Waals surface area contributed by atoms with Gasteiger partial charge in [-0.05, 0) is 0 Å². The zero-order valence-corrected chi connectivity index (χ0v) is 14.1. The van der Waals surface area contributed by atoms with E-state index in [4.69, 9.17) is 4.74 Å². The topological polar surface area (TPSA) is 9.23 Å². The second-order valence-corrected chi connectivity index (χ2v) is 7.12. The average Bonchev–Trinajstić information content (AvgIpc) is 2.37. The van der Waals surface area contributed by atoms with Crippen LogP contribution in [0.5, 0.6) is 0 Å². The number of benzene rings is 1. The Morgan fingerprint density at radius 3 is 2.76 bits per heavy atom. The van der Waals surface area contributed by atoms with Crippen LogP contribution in [0.2, 0.25) is 0 Å². The summed E-state index contributed by atoms with van der Waals surface area (Å²) in [4.78, 5) is 2.31. The summed E-state index contributed by atoms with van der Waals surface area (Å²) in [5.41, 5.74) is 0. The first-order valence-corrected chi connectivity index (χ1v) is 8.89. The Morgan fingerprint density at radius 1 is 1.29 bits per heavy atom. The summed E-state index contributed by atoms with van der Waals surface area (Å²) in [7, 11) is 0.